The fourth-order valence-corrected chi connectivity index (χ4v) is 3.29. The van der Waals surface area contributed by atoms with E-state index in [1.807, 2.05) is 4.72 Å². The minimum absolute atomic E-state index is 0.0558. The maximum Gasteiger partial charge on any atom is 0.318 e. The van der Waals surface area contributed by atoms with Crippen LogP contribution in [0.3, 0.4) is 0 Å². The summed E-state index contributed by atoms with van der Waals surface area (Å²) in [6, 6.07) is 2.80. The maximum atomic E-state index is 12.0. The van der Waals surface area contributed by atoms with Gasteiger partial charge in [0.15, 0.2) is 0 Å². The molecular formula is C11H13BrN2O5S. The van der Waals surface area contributed by atoms with Crippen LogP contribution in [0, 0.1) is 6.92 Å². The minimum atomic E-state index is -3.93. The first-order chi connectivity index (χ1) is 9.13. The molecule has 0 aliphatic rings. The molecule has 0 bridgehead atoms. The van der Waals surface area contributed by atoms with Gasteiger partial charge in [-0.2, -0.15) is 4.72 Å². The Bertz CT molecular complexity index is 657. The molecular weight excluding hydrogens is 352 g/mol. The van der Waals surface area contributed by atoms with Crippen LogP contribution >= 0.6 is 15.9 Å². The number of aliphatic carboxylic acids is 1. The molecule has 7 nitrogen and oxygen atoms in total. The van der Waals surface area contributed by atoms with E-state index in [2.05, 4.69) is 21.2 Å². The van der Waals surface area contributed by atoms with Crippen molar-refractivity contribution < 1.29 is 23.1 Å². The van der Waals surface area contributed by atoms with E-state index in [-0.39, 0.29) is 10.8 Å². The highest BCUT2D eigenvalue weighted by Crippen LogP contribution is 2.28. The first kappa shape index (κ1) is 16.6. The van der Waals surface area contributed by atoms with Crippen molar-refractivity contribution in [3.63, 3.8) is 0 Å². The van der Waals surface area contributed by atoms with Crippen LogP contribution in [-0.2, 0) is 19.6 Å². The maximum absolute atomic E-state index is 12.0. The zero-order chi connectivity index (χ0) is 15.5. The number of hydrogen-bond acceptors (Lipinski definition) is 4. The van der Waals surface area contributed by atoms with Gasteiger partial charge in [0.2, 0.25) is 15.9 Å². The number of carboxylic acids is 1. The molecule has 0 aromatic heterocycles. The van der Waals surface area contributed by atoms with Crippen molar-refractivity contribution in [3.8, 4) is 0 Å². The number of rotatable bonds is 5. The van der Waals surface area contributed by atoms with Gasteiger partial charge in [-0.1, -0.05) is 0 Å². The van der Waals surface area contributed by atoms with Crippen LogP contribution in [0.4, 0.5) is 5.69 Å². The summed E-state index contributed by atoms with van der Waals surface area (Å²) in [4.78, 5) is 21.4. The fraction of sp³-hybridized carbons (Fsp3) is 0.273. The molecule has 0 aliphatic carbocycles. The van der Waals surface area contributed by atoms with Gasteiger partial charge < -0.3 is 10.4 Å². The van der Waals surface area contributed by atoms with Gasteiger partial charge in [0.1, 0.15) is 6.54 Å². The van der Waals surface area contributed by atoms with E-state index < -0.39 is 22.5 Å². The normalized spacial score (nSPS) is 11.2. The Morgan fingerprint density at radius 3 is 2.45 bits per heavy atom. The number of carbonyl (C=O) groups is 2. The number of carboxylic acid groups (broad SMARTS) is 1. The van der Waals surface area contributed by atoms with Gasteiger partial charge >= 0.3 is 5.97 Å². The number of aryl methyl sites for hydroxylation is 1. The molecule has 1 amide bonds. The van der Waals surface area contributed by atoms with Crippen molar-refractivity contribution in [2.75, 3.05) is 11.9 Å². The van der Waals surface area contributed by atoms with E-state index in [1.54, 1.807) is 6.92 Å². The van der Waals surface area contributed by atoms with Crippen LogP contribution in [0.1, 0.15) is 12.5 Å². The molecule has 0 unspecified atom stereocenters. The molecule has 1 aromatic rings. The van der Waals surface area contributed by atoms with Crippen molar-refractivity contribution >= 4 is 43.5 Å². The molecule has 0 saturated carbocycles. The average molecular weight is 365 g/mol. The largest absolute Gasteiger partial charge is 0.480 e. The van der Waals surface area contributed by atoms with E-state index in [4.69, 9.17) is 5.11 Å². The average Bonchev–Trinajstić information content (AvgIpc) is 2.30. The third-order valence-corrected chi connectivity index (χ3v) is 4.48. The number of sulfonamides is 1. The highest BCUT2D eigenvalue weighted by atomic mass is 79.9. The van der Waals surface area contributed by atoms with Crippen molar-refractivity contribution in [2.45, 2.75) is 18.7 Å². The number of hydrogen-bond donors (Lipinski definition) is 3. The second-order valence-electron chi connectivity index (χ2n) is 4.00. The SMILES string of the molecule is CC(=O)Nc1cc(C)c(S(=O)(=O)NCC(=O)O)cc1Br. The lowest BCUT2D eigenvalue weighted by molar-refractivity contribution is -0.135. The monoisotopic (exact) mass is 364 g/mol. The zero-order valence-electron chi connectivity index (χ0n) is 10.7. The summed E-state index contributed by atoms with van der Waals surface area (Å²) in [6.45, 7) is 2.18. The number of halogens is 1. The van der Waals surface area contributed by atoms with E-state index in [0.717, 1.165) is 0 Å². The molecule has 0 aliphatic heterocycles. The van der Waals surface area contributed by atoms with Crippen LogP contribution in [-0.4, -0.2) is 31.9 Å². The Morgan fingerprint density at radius 1 is 1.35 bits per heavy atom. The van der Waals surface area contributed by atoms with Gasteiger partial charge in [-0.05, 0) is 40.5 Å². The van der Waals surface area contributed by atoms with Crippen molar-refractivity contribution in [3.05, 3.63) is 22.2 Å². The third kappa shape index (κ3) is 4.29. The van der Waals surface area contributed by atoms with Crippen LogP contribution in [0.2, 0.25) is 0 Å². The smallest absolute Gasteiger partial charge is 0.318 e. The molecule has 9 heteroatoms. The number of amides is 1. The molecule has 0 spiro atoms. The standard InChI is InChI=1S/C11H13BrN2O5S/c1-6-3-9(14-7(2)15)8(12)4-10(6)20(18,19)13-5-11(16)17/h3-4,13H,5H2,1-2H3,(H,14,15)(H,16,17). The topological polar surface area (TPSA) is 113 Å². The number of nitrogens with one attached hydrogen (secondary N) is 2. The molecule has 0 radical (unpaired) electrons. The molecule has 0 heterocycles. The lowest BCUT2D eigenvalue weighted by Gasteiger charge is -2.12. The summed E-state index contributed by atoms with van der Waals surface area (Å²) >= 11 is 3.16. The number of anilines is 1. The Labute approximate surface area is 124 Å². The summed E-state index contributed by atoms with van der Waals surface area (Å²) in [5.74, 6) is -1.56. The predicted octanol–water partition coefficient (Wildman–Crippen LogP) is 1.08. The molecule has 0 saturated heterocycles. The fourth-order valence-electron chi connectivity index (χ4n) is 1.47. The molecule has 20 heavy (non-hydrogen) atoms. The molecule has 1 aromatic carbocycles. The number of benzene rings is 1. The molecule has 110 valence electrons. The highest BCUT2D eigenvalue weighted by molar-refractivity contribution is 9.10. The summed E-state index contributed by atoms with van der Waals surface area (Å²) in [5, 5.41) is 11.1. The van der Waals surface area contributed by atoms with Crippen LogP contribution < -0.4 is 10.0 Å². The van der Waals surface area contributed by atoms with E-state index in [9.17, 15) is 18.0 Å². The minimum Gasteiger partial charge on any atom is -0.480 e. The first-order valence-corrected chi connectivity index (χ1v) is 7.70. The third-order valence-electron chi connectivity index (χ3n) is 2.28. The number of carbonyl (C=O) groups excluding carboxylic acids is 1. The first-order valence-electron chi connectivity index (χ1n) is 5.42. The lowest BCUT2D eigenvalue weighted by Crippen LogP contribution is -2.30. The lowest BCUT2D eigenvalue weighted by atomic mass is 10.2. The van der Waals surface area contributed by atoms with Crippen molar-refractivity contribution in [1.82, 2.24) is 4.72 Å². The summed E-state index contributed by atoms with van der Waals surface area (Å²) < 4.78 is 26.3. The Morgan fingerprint density at radius 2 is 1.95 bits per heavy atom. The van der Waals surface area contributed by atoms with Gasteiger partial charge in [-0.25, -0.2) is 8.42 Å². The molecule has 3 N–H and O–H groups in total. The van der Waals surface area contributed by atoms with Crippen LogP contribution in [0.25, 0.3) is 0 Å². The van der Waals surface area contributed by atoms with E-state index in [1.165, 1.54) is 19.1 Å². The van der Waals surface area contributed by atoms with Gasteiger partial charge in [-0.15, -0.1) is 0 Å². The molecule has 0 atom stereocenters. The van der Waals surface area contributed by atoms with E-state index >= 15 is 0 Å². The molecule has 1 rings (SSSR count). The highest BCUT2D eigenvalue weighted by Gasteiger charge is 2.19. The van der Waals surface area contributed by atoms with Gasteiger partial charge in [0.25, 0.3) is 0 Å². The van der Waals surface area contributed by atoms with Crippen molar-refractivity contribution in [1.29, 1.82) is 0 Å². The second kappa shape index (κ2) is 6.33. The Balaban J connectivity index is 3.17. The van der Waals surface area contributed by atoms with Crippen LogP contribution in [0.15, 0.2) is 21.5 Å². The summed E-state index contributed by atoms with van der Waals surface area (Å²) in [5.41, 5.74) is 0.821. The Kier molecular flexibility index (Phi) is 5.26. The molecule has 0 fully saturated rings. The predicted molar refractivity (Wildman–Crippen MR) is 76.0 cm³/mol. The summed E-state index contributed by atoms with van der Waals surface area (Å²) in [7, 11) is -3.93. The van der Waals surface area contributed by atoms with Crippen molar-refractivity contribution in [2.24, 2.45) is 0 Å². The quantitative estimate of drug-likeness (QED) is 0.723. The van der Waals surface area contributed by atoms with E-state index in [0.29, 0.717) is 15.7 Å². The van der Waals surface area contributed by atoms with Gasteiger partial charge in [0, 0.05) is 11.4 Å². The Hall–Kier alpha value is -1.45. The van der Waals surface area contributed by atoms with Crippen LogP contribution in [0.5, 0.6) is 0 Å². The zero-order valence-corrected chi connectivity index (χ0v) is 13.1. The van der Waals surface area contributed by atoms with Gasteiger partial charge in [0.05, 0.1) is 10.6 Å². The van der Waals surface area contributed by atoms with Gasteiger partial charge in [-0.3, -0.25) is 9.59 Å². The summed E-state index contributed by atoms with van der Waals surface area (Å²) in [6.07, 6.45) is 0. The second-order valence-corrected chi connectivity index (χ2v) is 6.59.